The molecule has 0 amide bonds. The maximum Gasteiger partial charge on any atom is 0.236 e. The first-order valence-electron chi connectivity index (χ1n) is 10.4. The normalized spacial score (nSPS) is 21.6. The molecule has 0 saturated carbocycles. The molecule has 2 fully saturated rings. The van der Waals surface area contributed by atoms with Crippen LogP contribution in [0.25, 0.3) is 17.0 Å². The number of piperidine rings is 1. The van der Waals surface area contributed by atoms with Crippen LogP contribution in [-0.4, -0.2) is 59.2 Å². The van der Waals surface area contributed by atoms with Gasteiger partial charge >= 0.3 is 0 Å². The van der Waals surface area contributed by atoms with Crippen LogP contribution in [-0.2, 0) is 10.0 Å². The van der Waals surface area contributed by atoms with Crippen LogP contribution in [0.15, 0.2) is 36.8 Å². The highest BCUT2D eigenvalue weighted by Crippen LogP contribution is 2.25. The Morgan fingerprint density at radius 2 is 2.07 bits per heavy atom. The second-order valence-electron chi connectivity index (χ2n) is 7.81. The van der Waals surface area contributed by atoms with Crippen molar-refractivity contribution < 1.29 is 8.42 Å². The number of hydrogen-bond acceptors (Lipinski definition) is 7. The molecule has 3 aromatic rings. The van der Waals surface area contributed by atoms with Crippen LogP contribution in [0.3, 0.4) is 0 Å². The largest absolute Gasteiger partial charge is 0.366 e. The van der Waals surface area contributed by atoms with Gasteiger partial charge in [-0.15, -0.1) is 0 Å². The lowest BCUT2D eigenvalue weighted by Gasteiger charge is -2.27. The Bertz CT molecular complexity index is 1150. The van der Waals surface area contributed by atoms with Crippen molar-refractivity contribution in [3.05, 3.63) is 36.8 Å². The van der Waals surface area contributed by atoms with Gasteiger partial charge in [-0.1, -0.05) is 6.07 Å². The molecule has 5 heterocycles. The molecule has 30 heavy (non-hydrogen) atoms. The van der Waals surface area contributed by atoms with Gasteiger partial charge in [0.15, 0.2) is 11.5 Å². The Kier molecular flexibility index (Phi) is 5.03. The second kappa shape index (κ2) is 7.84. The number of nitrogens with one attached hydrogen (secondary N) is 2. The first-order chi connectivity index (χ1) is 14.6. The van der Waals surface area contributed by atoms with E-state index in [1.807, 2.05) is 22.6 Å². The van der Waals surface area contributed by atoms with Crippen LogP contribution < -0.4 is 14.9 Å². The first-order valence-corrected chi connectivity index (χ1v) is 12.0. The summed E-state index contributed by atoms with van der Waals surface area (Å²) < 4.78 is 28.2. The number of sulfonamides is 1. The van der Waals surface area contributed by atoms with E-state index >= 15 is 0 Å². The predicted molar refractivity (Wildman–Crippen MR) is 116 cm³/mol. The van der Waals surface area contributed by atoms with Gasteiger partial charge < -0.3 is 10.6 Å². The van der Waals surface area contributed by atoms with Gasteiger partial charge in [0.1, 0.15) is 5.82 Å². The number of pyridine rings is 1. The Morgan fingerprint density at radius 3 is 2.90 bits per heavy atom. The molecule has 3 aromatic heterocycles. The zero-order valence-electron chi connectivity index (χ0n) is 16.7. The maximum atomic E-state index is 12.5. The smallest absolute Gasteiger partial charge is 0.236 e. The van der Waals surface area contributed by atoms with Crippen molar-refractivity contribution in [2.75, 3.05) is 35.0 Å². The van der Waals surface area contributed by atoms with Crippen LogP contribution in [0.4, 0.5) is 11.6 Å². The van der Waals surface area contributed by atoms with Crippen LogP contribution in [0.5, 0.6) is 0 Å². The van der Waals surface area contributed by atoms with Crippen LogP contribution >= 0.6 is 0 Å². The summed E-state index contributed by atoms with van der Waals surface area (Å²) in [6.45, 7) is 2.45. The lowest BCUT2D eigenvalue weighted by Crippen LogP contribution is -2.38. The lowest BCUT2D eigenvalue weighted by atomic mass is 10.1. The summed E-state index contributed by atoms with van der Waals surface area (Å²) in [6.07, 6.45) is 8.90. The molecular weight excluding hydrogens is 402 g/mol. The molecule has 0 aromatic carbocycles. The quantitative estimate of drug-likeness (QED) is 0.655. The van der Waals surface area contributed by atoms with Crippen molar-refractivity contribution in [2.24, 2.45) is 0 Å². The van der Waals surface area contributed by atoms with Crippen molar-refractivity contribution in [3.8, 4) is 11.4 Å². The third kappa shape index (κ3) is 3.72. The molecule has 2 N–H and O–H groups in total. The van der Waals surface area contributed by atoms with E-state index in [2.05, 4.69) is 20.6 Å². The van der Waals surface area contributed by atoms with E-state index in [1.54, 1.807) is 18.6 Å². The second-order valence-corrected chi connectivity index (χ2v) is 9.82. The van der Waals surface area contributed by atoms with Gasteiger partial charge in [0, 0.05) is 19.1 Å². The highest BCUT2D eigenvalue weighted by atomic mass is 32.2. The molecule has 2 aliphatic heterocycles. The minimum Gasteiger partial charge on any atom is -0.366 e. The molecule has 158 valence electrons. The molecule has 5 rings (SSSR count). The lowest BCUT2D eigenvalue weighted by molar-refractivity contribution is 0.479. The first kappa shape index (κ1) is 19.3. The average Bonchev–Trinajstić information content (AvgIpc) is 3.18. The maximum absolute atomic E-state index is 12.5. The summed E-state index contributed by atoms with van der Waals surface area (Å²) in [5.74, 6) is 1.41. The molecule has 2 aliphatic rings. The molecular formula is C20H25N7O2S. The number of nitrogens with zero attached hydrogens (tertiary/aromatic N) is 5. The summed E-state index contributed by atoms with van der Waals surface area (Å²) in [5, 5.41) is 6.90. The summed E-state index contributed by atoms with van der Waals surface area (Å²) >= 11 is 0. The van der Waals surface area contributed by atoms with E-state index in [0.29, 0.717) is 30.5 Å². The van der Waals surface area contributed by atoms with Crippen molar-refractivity contribution in [1.29, 1.82) is 0 Å². The van der Waals surface area contributed by atoms with E-state index in [1.165, 1.54) is 4.31 Å². The third-order valence-corrected chi connectivity index (χ3v) is 7.49. The minimum atomic E-state index is -3.32. The van der Waals surface area contributed by atoms with Gasteiger partial charge in [-0.3, -0.25) is 8.71 Å². The van der Waals surface area contributed by atoms with Crippen molar-refractivity contribution in [1.82, 2.24) is 24.7 Å². The summed E-state index contributed by atoms with van der Waals surface area (Å²) in [6, 6.07) is 6.24. The highest BCUT2D eigenvalue weighted by Gasteiger charge is 2.27. The van der Waals surface area contributed by atoms with Crippen LogP contribution in [0.1, 0.15) is 25.7 Å². The molecule has 0 unspecified atom stereocenters. The molecule has 0 spiro atoms. The van der Waals surface area contributed by atoms with Crippen molar-refractivity contribution in [2.45, 2.75) is 31.7 Å². The fraction of sp³-hybridized carbons (Fsp3) is 0.450. The Morgan fingerprint density at radius 1 is 1.13 bits per heavy atom. The number of aromatic nitrogens is 4. The predicted octanol–water partition coefficient (Wildman–Crippen LogP) is 1.89. The molecule has 0 aliphatic carbocycles. The highest BCUT2D eigenvalue weighted by molar-refractivity contribution is 7.92. The zero-order chi connectivity index (χ0) is 20.6. The van der Waals surface area contributed by atoms with Crippen LogP contribution in [0, 0.1) is 0 Å². The summed E-state index contributed by atoms with van der Waals surface area (Å²) in [7, 11) is -3.32. The van der Waals surface area contributed by atoms with Crippen LogP contribution in [0.2, 0.25) is 0 Å². The Hall–Kier alpha value is -2.72. The number of fused-ring (bicyclic) bond motifs is 1. The topological polar surface area (TPSA) is 105 Å². The standard InChI is InChI=1S/C20H25N7O2S/c28-30(29)10-2-1-9-27(30)20-14-26-17(12-22-19(26)13-23-20)16-6-3-7-18(25-16)24-15-5-4-8-21-11-15/h3,6-7,12-15,21H,1-2,4-5,8-11H2,(H,24,25)/t15-/m1/s1. The molecule has 0 bridgehead atoms. The van der Waals surface area contributed by atoms with E-state index in [4.69, 9.17) is 4.98 Å². The molecule has 9 nitrogen and oxygen atoms in total. The van der Waals surface area contributed by atoms with Gasteiger partial charge in [-0.2, -0.15) is 0 Å². The SMILES string of the molecule is O=S1(=O)CCCCN1c1cn2c(-c3cccc(N[C@@H]4CCCNC4)n3)cnc2cn1. The summed E-state index contributed by atoms with van der Waals surface area (Å²) in [5.41, 5.74) is 2.23. The van der Waals surface area contributed by atoms with Gasteiger partial charge in [0.25, 0.3) is 0 Å². The molecule has 1 atom stereocenters. The number of hydrogen-bond donors (Lipinski definition) is 2. The Labute approximate surface area is 175 Å². The molecule has 10 heteroatoms. The number of imidazole rings is 1. The zero-order valence-corrected chi connectivity index (χ0v) is 17.5. The number of anilines is 2. The van der Waals surface area contributed by atoms with Gasteiger partial charge in [-0.25, -0.2) is 23.4 Å². The van der Waals surface area contributed by atoms with E-state index in [0.717, 1.165) is 49.6 Å². The van der Waals surface area contributed by atoms with Gasteiger partial charge in [0.05, 0.1) is 35.7 Å². The fourth-order valence-electron chi connectivity index (χ4n) is 4.09. The van der Waals surface area contributed by atoms with Crippen molar-refractivity contribution >= 4 is 27.3 Å². The third-order valence-electron chi connectivity index (χ3n) is 5.65. The molecule has 2 saturated heterocycles. The monoisotopic (exact) mass is 427 g/mol. The van der Waals surface area contributed by atoms with E-state index in [-0.39, 0.29) is 5.75 Å². The van der Waals surface area contributed by atoms with Gasteiger partial charge in [0.2, 0.25) is 10.0 Å². The minimum absolute atomic E-state index is 0.162. The van der Waals surface area contributed by atoms with E-state index in [9.17, 15) is 8.42 Å². The number of rotatable bonds is 4. The Balaban J connectivity index is 1.48. The van der Waals surface area contributed by atoms with Crippen molar-refractivity contribution in [3.63, 3.8) is 0 Å². The molecule has 0 radical (unpaired) electrons. The summed E-state index contributed by atoms with van der Waals surface area (Å²) in [4.78, 5) is 13.6. The fourth-order valence-corrected chi connectivity index (χ4v) is 5.66. The average molecular weight is 428 g/mol. The van der Waals surface area contributed by atoms with E-state index < -0.39 is 10.0 Å². The van der Waals surface area contributed by atoms with Gasteiger partial charge in [-0.05, 0) is 44.4 Å².